The maximum Gasteiger partial charge on any atom is 0.257 e. The van der Waals surface area contributed by atoms with Crippen molar-refractivity contribution < 1.29 is 14.7 Å². The maximum absolute atomic E-state index is 13.0. The van der Waals surface area contributed by atoms with Gasteiger partial charge < -0.3 is 15.3 Å². The minimum absolute atomic E-state index is 0.0631. The number of nitrogens with one attached hydrogen (secondary N) is 1. The number of benzene rings is 1. The summed E-state index contributed by atoms with van der Waals surface area (Å²) in [6.45, 7) is 4.72. The number of carbonyl (C=O) groups excluding carboxylic acids is 2. The number of nitrogens with zero attached hydrogens (tertiary/aromatic N) is 3. The van der Waals surface area contributed by atoms with Crippen molar-refractivity contribution in [3.05, 3.63) is 53.9 Å². The number of aryl methyl sites for hydroxylation is 1. The van der Waals surface area contributed by atoms with Crippen molar-refractivity contribution in [1.82, 2.24) is 20.0 Å². The molecule has 1 aromatic heterocycles. The molecule has 2 aromatic rings. The lowest BCUT2D eigenvalue weighted by atomic mass is 9.74. The van der Waals surface area contributed by atoms with Crippen LogP contribution < -0.4 is 5.32 Å². The second-order valence-corrected chi connectivity index (χ2v) is 8.27. The zero-order valence-corrected chi connectivity index (χ0v) is 18.0. The molecule has 0 aliphatic heterocycles. The summed E-state index contributed by atoms with van der Waals surface area (Å²) in [4.78, 5) is 26.3. The van der Waals surface area contributed by atoms with Crippen molar-refractivity contribution in [1.29, 1.82) is 0 Å². The van der Waals surface area contributed by atoms with Gasteiger partial charge in [-0.15, -0.1) is 0 Å². The number of amides is 2. The van der Waals surface area contributed by atoms with Gasteiger partial charge >= 0.3 is 0 Å². The first kappa shape index (κ1) is 22.0. The number of hydrogen-bond acceptors (Lipinski definition) is 4. The van der Waals surface area contributed by atoms with Crippen molar-refractivity contribution in [3.8, 4) is 0 Å². The third kappa shape index (κ3) is 4.73. The van der Waals surface area contributed by atoms with E-state index in [4.69, 9.17) is 0 Å². The van der Waals surface area contributed by atoms with Gasteiger partial charge in [-0.3, -0.25) is 14.3 Å². The SMILES string of the molecule is CCn1cc(C(=O)N(C)[C@@H]2CC[C@@](CNC(C)=O)(c3ccccc3)CC[C@H]2O)cn1. The van der Waals surface area contributed by atoms with E-state index >= 15 is 0 Å². The summed E-state index contributed by atoms with van der Waals surface area (Å²) < 4.78 is 1.72. The Balaban J connectivity index is 1.81. The van der Waals surface area contributed by atoms with E-state index < -0.39 is 6.10 Å². The highest BCUT2D eigenvalue weighted by Crippen LogP contribution is 2.39. The van der Waals surface area contributed by atoms with Gasteiger partial charge in [-0.25, -0.2) is 0 Å². The lowest BCUT2D eigenvalue weighted by molar-refractivity contribution is -0.119. The molecule has 1 saturated carbocycles. The van der Waals surface area contributed by atoms with E-state index in [0.29, 0.717) is 31.5 Å². The average Bonchev–Trinajstić information content (AvgIpc) is 3.17. The normalized spacial score (nSPS) is 24.1. The highest BCUT2D eigenvalue weighted by molar-refractivity contribution is 5.93. The van der Waals surface area contributed by atoms with Crippen LogP contribution in [-0.4, -0.2) is 57.3 Å². The Morgan fingerprint density at radius 1 is 1.27 bits per heavy atom. The topological polar surface area (TPSA) is 87.5 Å². The van der Waals surface area contributed by atoms with Crippen LogP contribution in [0.1, 0.15) is 55.5 Å². The molecule has 0 spiro atoms. The van der Waals surface area contributed by atoms with E-state index in [0.717, 1.165) is 18.4 Å². The molecule has 2 N–H and O–H groups in total. The minimum atomic E-state index is -0.622. The fraction of sp³-hybridized carbons (Fsp3) is 0.522. The first-order valence-corrected chi connectivity index (χ1v) is 10.6. The summed E-state index contributed by atoms with van der Waals surface area (Å²) in [5.41, 5.74) is 1.42. The lowest BCUT2D eigenvalue weighted by Crippen LogP contribution is -2.44. The zero-order valence-electron chi connectivity index (χ0n) is 18.0. The van der Waals surface area contributed by atoms with Gasteiger partial charge in [-0.2, -0.15) is 5.10 Å². The molecule has 1 fully saturated rings. The van der Waals surface area contributed by atoms with Gasteiger partial charge in [-0.1, -0.05) is 30.3 Å². The first-order valence-electron chi connectivity index (χ1n) is 10.6. The molecule has 0 saturated heterocycles. The number of aliphatic hydroxyl groups excluding tert-OH is 1. The average molecular weight is 413 g/mol. The van der Waals surface area contributed by atoms with Crippen LogP contribution in [0, 0.1) is 0 Å². The summed E-state index contributed by atoms with van der Waals surface area (Å²) in [5, 5.41) is 18.1. The molecule has 162 valence electrons. The van der Waals surface area contributed by atoms with Gasteiger partial charge in [-0.05, 0) is 38.2 Å². The first-order chi connectivity index (χ1) is 14.4. The maximum atomic E-state index is 13.0. The fourth-order valence-electron chi connectivity index (χ4n) is 4.46. The van der Waals surface area contributed by atoms with Crippen LogP contribution in [-0.2, 0) is 16.8 Å². The second kappa shape index (κ2) is 9.43. The van der Waals surface area contributed by atoms with Crippen LogP contribution in [0.5, 0.6) is 0 Å². The number of hydrogen-bond donors (Lipinski definition) is 2. The predicted molar refractivity (Wildman–Crippen MR) is 115 cm³/mol. The largest absolute Gasteiger partial charge is 0.391 e. The zero-order chi connectivity index (χ0) is 21.7. The monoisotopic (exact) mass is 412 g/mol. The van der Waals surface area contributed by atoms with Crippen LogP contribution in [0.4, 0.5) is 0 Å². The van der Waals surface area contributed by atoms with Crippen LogP contribution in [0.2, 0.25) is 0 Å². The molecular formula is C23H32N4O3. The summed E-state index contributed by atoms with van der Waals surface area (Å²) >= 11 is 0. The molecular weight excluding hydrogens is 380 g/mol. The van der Waals surface area contributed by atoms with Crippen molar-refractivity contribution in [3.63, 3.8) is 0 Å². The van der Waals surface area contributed by atoms with E-state index in [1.807, 2.05) is 25.1 Å². The van der Waals surface area contributed by atoms with Gasteiger partial charge in [0.25, 0.3) is 5.91 Å². The molecule has 30 heavy (non-hydrogen) atoms. The molecule has 3 rings (SSSR count). The van der Waals surface area contributed by atoms with Crippen molar-refractivity contribution in [2.24, 2.45) is 0 Å². The fourth-order valence-corrected chi connectivity index (χ4v) is 4.46. The number of likely N-dealkylation sites (N-methyl/N-ethyl adjacent to an activating group) is 1. The van der Waals surface area contributed by atoms with Gasteiger partial charge in [0.2, 0.25) is 5.91 Å². The second-order valence-electron chi connectivity index (χ2n) is 8.27. The Morgan fingerprint density at radius 3 is 2.60 bits per heavy atom. The van der Waals surface area contributed by atoms with Gasteiger partial charge in [0, 0.05) is 38.7 Å². The highest BCUT2D eigenvalue weighted by atomic mass is 16.3. The standard InChI is InChI=1S/C23H32N4O3/c1-4-27-15-18(14-25-27)22(30)26(3)20-10-12-23(13-11-21(20)29,16-24-17(2)28)19-8-6-5-7-9-19/h5-9,14-15,20-21,29H,4,10-13,16H2,1-3H3,(H,24,28)/t20-,21-,23-/m1/s1. The Morgan fingerprint density at radius 2 is 1.97 bits per heavy atom. The molecule has 3 atom stereocenters. The van der Waals surface area contributed by atoms with Crippen molar-refractivity contribution in [2.45, 2.75) is 63.6 Å². The van der Waals surface area contributed by atoms with Gasteiger partial charge in [0.05, 0.1) is 23.9 Å². The molecule has 0 bridgehead atoms. The Kier molecular flexibility index (Phi) is 6.92. The highest BCUT2D eigenvalue weighted by Gasteiger charge is 2.40. The molecule has 7 nitrogen and oxygen atoms in total. The quantitative estimate of drug-likeness (QED) is 0.713. The predicted octanol–water partition coefficient (Wildman–Crippen LogP) is 2.35. The molecule has 1 heterocycles. The third-order valence-corrected chi connectivity index (χ3v) is 6.37. The van der Waals surface area contributed by atoms with E-state index in [1.165, 1.54) is 6.92 Å². The Labute approximate surface area is 178 Å². The molecule has 0 radical (unpaired) electrons. The van der Waals surface area contributed by atoms with Crippen molar-refractivity contribution >= 4 is 11.8 Å². The van der Waals surface area contributed by atoms with Gasteiger partial charge in [0.15, 0.2) is 0 Å². The Bertz CT molecular complexity index is 866. The molecule has 7 heteroatoms. The third-order valence-electron chi connectivity index (χ3n) is 6.37. The summed E-state index contributed by atoms with van der Waals surface area (Å²) in [6, 6.07) is 9.87. The van der Waals surface area contributed by atoms with Gasteiger partial charge in [0.1, 0.15) is 0 Å². The number of rotatable bonds is 6. The van der Waals surface area contributed by atoms with Crippen LogP contribution in [0.3, 0.4) is 0 Å². The van der Waals surface area contributed by atoms with Crippen LogP contribution in [0.15, 0.2) is 42.7 Å². The summed E-state index contributed by atoms with van der Waals surface area (Å²) in [5.74, 6) is -0.195. The molecule has 1 aliphatic carbocycles. The molecule has 1 aliphatic rings. The molecule has 1 aromatic carbocycles. The lowest BCUT2D eigenvalue weighted by Gasteiger charge is -2.34. The Hall–Kier alpha value is -2.67. The van der Waals surface area contributed by atoms with Crippen molar-refractivity contribution in [2.75, 3.05) is 13.6 Å². The summed E-state index contributed by atoms with van der Waals surface area (Å²) in [7, 11) is 1.75. The number of carbonyl (C=O) groups is 2. The number of aromatic nitrogens is 2. The van der Waals surface area contributed by atoms with E-state index in [-0.39, 0.29) is 23.3 Å². The summed E-state index contributed by atoms with van der Waals surface area (Å²) in [6.07, 6.45) is 5.42. The van der Waals surface area contributed by atoms with E-state index in [2.05, 4.69) is 22.5 Å². The van der Waals surface area contributed by atoms with E-state index in [1.54, 1.807) is 29.0 Å². The van der Waals surface area contributed by atoms with Crippen LogP contribution >= 0.6 is 0 Å². The van der Waals surface area contributed by atoms with Crippen LogP contribution in [0.25, 0.3) is 0 Å². The number of aliphatic hydroxyl groups is 1. The smallest absolute Gasteiger partial charge is 0.257 e. The van der Waals surface area contributed by atoms with E-state index in [9.17, 15) is 14.7 Å². The molecule has 0 unspecified atom stereocenters. The molecule has 2 amide bonds. The minimum Gasteiger partial charge on any atom is -0.391 e.